The van der Waals surface area contributed by atoms with Gasteiger partial charge in [-0.05, 0) is 17.7 Å². The Bertz CT molecular complexity index is 450. The molecule has 0 unspecified atom stereocenters. The molecule has 2 aliphatic rings. The molecule has 1 fully saturated rings. The summed E-state index contributed by atoms with van der Waals surface area (Å²) in [5.41, 5.74) is 2.20. The van der Waals surface area contributed by atoms with Gasteiger partial charge in [0.2, 0.25) is 0 Å². The van der Waals surface area contributed by atoms with Crippen molar-refractivity contribution in [2.45, 2.75) is 18.5 Å². The van der Waals surface area contributed by atoms with Gasteiger partial charge in [0.25, 0.3) is 0 Å². The maximum absolute atomic E-state index is 12.8. The number of aliphatic imine (C=N–C) groups is 2. The molecule has 16 heavy (non-hydrogen) atoms. The summed E-state index contributed by atoms with van der Waals surface area (Å²) in [6.45, 7) is 0.904. The number of halogens is 1. The molecule has 2 atom stereocenters. The van der Waals surface area contributed by atoms with Crippen molar-refractivity contribution in [2.75, 3.05) is 6.54 Å². The standard InChI is InChI=1S/C12H12FN3/c13-9-3-1-8(2-4-9)11-12-10(5-6-14-11)15-7-16-12/h1-4,7,11-12,14H,5-6H2/t11-,12-/m0/s1. The molecule has 0 aromatic heterocycles. The minimum absolute atomic E-state index is 0.0965. The highest BCUT2D eigenvalue weighted by atomic mass is 19.1. The molecule has 1 aromatic rings. The number of nitrogens with one attached hydrogen (secondary N) is 1. The van der Waals surface area contributed by atoms with Crippen LogP contribution in [-0.2, 0) is 0 Å². The Hall–Kier alpha value is -1.55. The van der Waals surface area contributed by atoms with E-state index in [0.29, 0.717) is 0 Å². The van der Waals surface area contributed by atoms with Crippen LogP contribution in [0.4, 0.5) is 4.39 Å². The Morgan fingerprint density at radius 3 is 2.88 bits per heavy atom. The van der Waals surface area contributed by atoms with Gasteiger partial charge < -0.3 is 5.32 Å². The molecule has 1 N–H and O–H groups in total. The third kappa shape index (κ3) is 1.55. The second-order valence-corrected chi connectivity index (χ2v) is 4.06. The number of fused-ring (bicyclic) bond motifs is 1. The smallest absolute Gasteiger partial charge is 0.123 e. The third-order valence-electron chi connectivity index (χ3n) is 3.08. The summed E-state index contributed by atoms with van der Waals surface area (Å²) in [7, 11) is 0. The summed E-state index contributed by atoms with van der Waals surface area (Å²) in [6, 6.07) is 6.82. The van der Waals surface area contributed by atoms with Crippen LogP contribution in [0.5, 0.6) is 0 Å². The molecule has 82 valence electrons. The van der Waals surface area contributed by atoms with Crippen LogP contribution >= 0.6 is 0 Å². The van der Waals surface area contributed by atoms with E-state index in [1.54, 1.807) is 6.34 Å². The lowest BCUT2D eigenvalue weighted by Gasteiger charge is -2.29. The van der Waals surface area contributed by atoms with Crippen molar-refractivity contribution in [1.29, 1.82) is 0 Å². The highest BCUT2D eigenvalue weighted by molar-refractivity contribution is 6.00. The van der Waals surface area contributed by atoms with Gasteiger partial charge in [0.05, 0.1) is 6.04 Å². The average Bonchev–Trinajstić information content (AvgIpc) is 2.78. The predicted molar refractivity (Wildman–Crippen MR) is 61.5 cm³/mol. The van der Waals surface area contributed by atoms with Crippen LogP contribution in [0.3, 0.4) is 0 Å². The van der Waals surface area contributed by atoms with Crippen LogP contribution in [0.2, 0.25) is 0 Å². The van der Waals surface area contributed by atoms with Crippen LogP contribution in [0.25, 0.3) is 0 Å². The molecule has 0 amide bonds. The zero-order valence-corrected chi connectivity index (χ0v) is 8.73. The van der Waals surface area contributed by atoms with E-state index >= 15 is 0 Å². The van der Waals surface area contributed by atoms with Gasteiger partial charge in [-0.2, -0.15) is 0 Å². The summed E-state index contributed by atoms with van der Waals surface area (Å²) in [5.74, 6) is -0.205. The van der Waals surface area contributed by atoms with Gasteiger partial charge in [0.1, 0.15) is 18.2 Å². The minimum atomic E-state index is -0.205. The maximum atomic E-state index is 12.8. The van der Waals surface area contributed by atoms with E-state index in [1.165, 1.54) is 12.1 Å². The van der Waals surface area contributed by atoms with Crippen molar-refractivity contribution in [3.63, 3.8) is 0 Å². The highest BCUT2D eigenvalue weighted by Gasteiger charge is 2.32. The lowest BCUT2D eigenvalue weighted by molar-refractivity contribution is 0.484. The normalized spacial score (nSPS) is 27.7. The van der Waals surface area contributed by atoms with Crippen molar-refractivity contribution in [1.82, 2.24) is 5.32 Å². The molecule has 0 spiro atoms. The second-order valence-electron chi connectivity index (χ2n) is 4.06. The maximum Gasteiger partial charge on any atom is 0.123 e. The predicted octanol–water partition coefficient (Wildman–Crippen LogP) is 1.71. The summed E-state index contributed by atoms with van der Waals surface area (Å²) in [4.78, 5) is 8.61. The van der Waals surface area contributed by atoms with E-state index in [1.807, 2.05) is 12.1 Å². The van der Waals surface area contributed by atoms with Gasteiger partial charge in [-0.15, -0.1) is 0 Å². The first-order chi connectivity index (χ1) is 7.84. The largest absolute Gasteiger partial charge is 0.307 e. The van der Waals surface area contributed by atoms with Crippen molar-refractivity contribution in [3.8, 4) is 0 Å². The lowest BCUT2D eigenvalue weighted by atomic mass is 9.91. The number of nitrogens with zero attached hydrogens (tertiary/aromatic N) is 2. The molecule has 1 saturated heterocycles. The van der Waals surface area contributed by atoms with Crippen LogP contribution in [0, 0.1) is 5.82 Å². The topological polar surface area (TPSA) is 36.8 Å². The molecule has 0 saturated carbocycles. The van der Waals surface area contributed by atoms with E-state index in [-0.39, 0.29) is 17.9 Å². The number of benzene rings is 1. The molecule has 1 aromatic carbocycles. The van der Waals surface area contributed by atoms with Crippen molar-refractivity contribution in [3.05, 3.63) is 35.6 Å². The van der Waals surface area contributed by atoms with Crippen molar-refractivity contribution in [2.24, 2.45) is 9.98 Å². The quantitative estimate of drug-likeness (QED) is 0.764. The van der Waals surface area contributed by atoms with Gasteiger partial charge >= 0.3 is 0 Å². The third-order valence-corrected chi connectivity index (χ3v) is 3.08. The fourth-order valence-corrected chi connectivity index (χ4v) is 2.27. The summed E-state index contributed by atoms with van der Waals surface area (Å²) < 4.78 is 12.8. The number of hydrogen-bond donors (Lipinski definition) is 1. The van der Waals surface area contributed by atoms with Gasteiger partial charge in [-0.1, -0.05) is 12.1 Å². The Morgan fingerprint density at radius 1 is 1.25 bits per heavy atom. The fraction of sp³-hybridized carbons (Fsp3) is 0.333. The molecule has 2 aliphatic heterocycles. The average molecular weight is 217 g/mol. The lowest BCUT2D eigenvalue weighted by Crippen LogP contribution is -2.41. The minimum Gasteiger partial charge on any atom is -0.307 e. The number of rotatable bonds is 1. The Labute approximate surface area is 93.1 Å². The zero-order chi connectivity index (χ0) is 11.0. The molecule has 2 heterocycles. The Morgan fingerprint density at radius 2 is 2.06 bits per heavy atom. The van der Waals surface area contributed by atoms with E-state index in [4.69, 9.17) is 0 Å². The van der Waals surface area contributed by atoms with Crippen LogP contribution in [0.1, 0.15) is 18.0 Å². The summed E-state index contributed by atoms with van der Waals surface area (Å²) in [5, 5.41) is 3.41. The monoisotopic (exact) mass is 217 g/mol. The summed E-state index contributed by atoms with van der Waals surface area (Å²) in [6.07, 6.45) is 2.58. The number of piperidine rings is 1. The molecule has 4 heteroatoms. The second kappa shape index (κ2) is 3.79. The molecule has 0 radical (unpaired) electrons. The highest BCUT2D eigenvalue weighted by Crippen LogP contribution is 2.26. The van der Waals surface area contributed by atoms with Gasteiger partial charge in [-0.3, -0.25) is 4.99 Å². The van der Waals surface area contributed by atoms with Crippen LogP contribution in [-0.4, -0.2) is 24.6 Å². The first-order valence-electron chi connectivity index (χ1n) is 5.42. The van der Waals surface area contributed by atoms with Gasteiger partial charge in [-0.25, -0.2) is 9.38 Å². The van der Waals surface area contributed by atoms with E-state index < -0.39 is 0 Å². The van der Waals surface area contributed by atoms with Crippen molar-refractivity contribution < 1.29 is 4.39 Å². The molecule has 0 aliphatic carbocycles. The van der Waals surface area contributed by atoms with Crippen LogP contribution < -0.4 is 5.32 Å². The first-order valence-corrected chi connectivity index (χ1v) is 5.42. The molecule has 3 rings (SSSR count). The number of hydrogen-bond acceptors (Lipinski definition) is 3. The molecular formula is C12H12FN3. The van der Waals surface area contributed by atoms with Crippen molar-refractivity contribution >= 4 is 12.1 Å². The van der Waals surface area contributed by atoms with Gasteiger partial charge in [0, 0.05) is 18.7 Å². The fourth-order valence-electron chi connectivity index (χ4n) is 2.27. The SMILES string of the molecule is Fc1ccc([C@@H]2NCCC3=NC=N[C@@H]32)cc1. The van der Waals surface area contributed by atoms with Crippen LogP contribution in [0.15, 0.2) is 34.3 Å². The molecular weight excluding hydrogens is 205 g/mol. The van der Waals surface area contributed by atoms with E-state index in [2.05, 4.69) is 15.3 Å². The first kappa shape index (κ1) is 9.66. The summed E-state index contributed by atoms with van der Waals surface area (Å²) >= 11 is 0. The van der Waals surface area contributed by atoms with E-state index in [0.717, 1.165) is 24.2 Å². The molecule has 3 nitrogen and oxygen atoms in total. The Kier molecular flexibility index (Phi) is 2.29. The van der Waals surface area contributed by atoms with E-state index in [9.17, 15) is 4.39 Å². The molecule has 0 bridgehead atoms. The Balaban J connectivity index is 1.91. The van der Waals surface area contributed by atoms with Gasteiger partial charge in [0.15, 0.2) is 0 Å². The zero-order valence-electron chi connectivity index (χ0n) is 8.73.